The fourth-order valence-corrected chi connectivity index (χ4v) is 3.45. The molecule has 0 saturated heterocycles. The van der Waals surface area contributed by atoms with Crippen molar-refractivity contribution in [3.63, 3.8) is 0 Å². The standard InChI is InChI=1S/C17H20N2O2S2/c1-13(22-15-8-4-3-5-9-15)12-18-17(20)19-14-7-6-10-16(11-14)23(2)21/h3-11,13H,12H2,1-2H3,(H2,18,19,20)/t13-,23-/m1/s1. The van der Waals surface area contributed by atoms with Crippen LogP contribution in [0, 0.1) is 0 Å². The first-order valence-corrected chi connectivity index (χ1v) is 9.68. The van der Waals surface area contributed by atoms with Crippen LogP contribution in [-0.2, 0) is 10.8 Å². The second-order valence-corrected chi connectivity index (χ2v) is 7.95. The van der Waals surface area contributed by atoms with Gasteiger partial charge in [0.15, 0.2) is 0 Å². The summed E-state index contributed by atoms with van der Waals surface area (Å²) >= 11 is 1.72. The first-order valence-electron chi connectivity index (χ1n) is 7.24. The van der Waals surface area contributed by atoms with Gasteiger partial charge in [0.25, 0.3) is 0 Å². The molecule has 0 radical (unpaired) electrons. The molecule has 2 amide bonds. The molecule has 0 fully saturated rings. The SMILES string of the molecule is C[C@H](CNC(=O)Nc1cccc([S@@](C)=O)c1)Sc1ccccc1. The van der Waals surface area contributed by atoms with E-state index < -0.39 is 10.8 Å². The summed E-state index contributed by atoms with van der Waals surface area (Å²) in [7, 11) is -1.06. The third kappa shape index (κ3) is 6.08. The minimum absolute atomic E-state index is 0.260. The van der Waals surface area contributed by atoms with E-state index in [1.54, 1.807) is 42.3 Å². The van der Waals surface area contributed by atoms with Crippen LogP contribution >= 0.6 is 11.8 Å². The zero-order valence-corrected chi connectivity index (χ0v) is 14.7. The Hall–Kier alpha value is -1.79. The largest absolute Gasteiger partial charge is 0.337 e. The molecule has 0 bridgehead atoms. The van der Waals surface area contributed by atoms with Crippen molar-refractivity contribution in [1.82, 2.24) is 5.32 Å². The average Bonchev–Trinajstić information content (AvgIpc) is 2.54. The number of carbonyl (C=O) groups excluding carboxylic acids is 1. The zero-order chi connectivity index (χ0) is 16.7. The summed E-state index contributed by atoms with van der Waals surface area (Å²) in [5.41, 5.74) is 0.638. The summed E-state index contributed by atoms with van der Waals surface area (Å²) < 4.78 is 11.5. The Morgan fingerprint density at radius 2 is 1.91 bits per heavy atom. The number of thioether (sulfide) groups is 1. The van der Waals surface area contributed by atoms with E-state index in [1.807, 2.05) is 18.2 Å². The summed E-state index contributed by atoms with van der Waals surface area (Å²) in [5.74, 6) is 0. The Balaban J connectivity index is 1.81. The molecule has 6 heteroatoms. The van der Waals surface area contributed by atoms with Crippen LogP contribution in [0.4, 0.5) is 10.5 Å². The van der Waals surface area contributed by atoms with Crippen LogP contribution in [-0.4, -0.2) is 28.3 Å². The van der Waals surface area contributed by atoms with Gasteiger partial charge in [-0.2, -0.15) is 0 Å². The van der Waals surface area contributed by atoms with Crippen molar-refractivity contribution >= 4 is 34.3 Å². The Morgan fingerprint density at radius 1 is 1.17 bits per heavy atom. The van der Waals surface area contributed by atoms with Crippen molar-refractivity contribution in [2.24, 2.45) is 0 Å². The van der Waals surface area contributed by atoms with Crippen molar-refractivity contribution in [2.75, 3.05) is 18.1 Å². The van der Waals surface area contributed by atoms with E-state index in [0.717, 1.165) is 0 Å². The topological polar surface area (TPSA) is 58.2 Å². The molecule has 0 aromatic heterocycles. The van der Waals surface area contributed by atoms with Crippen LogP contribution < -0.4 is 10.6 Å². The lowest BCUT2D eigenvalue weighted by atomic mass is 10.3. The molecule has 2 rings (SSSR count). The van der Waals surface area contributed by atoms with Gasteiger partial charge in [0, 0.05) is 44.3 Å². The van der Waals surface area contributed by atoms with E-state index in [0.29, 0.717) is 17.1 Å². The van der Waals surface area contributed by atoms with Crippen LogP contribution in [0.15, 0.2) is 64.4 Å². The van der Waals surface area contributed by atoms with E-state index in [9.17, 15) is 9.00 Å². The second-order valence-electron chi connectivity index (χ2n) is 5.06. The number of anilines is 1. The molecule has 0 heterocycles. The molecule has 0 aliphatic heterocycles. The molecule has 0 saturated carbocycles. The molecule has 4 nitrogen and oxygen atoms in total. The molecule has 23 heavy (non-hydrogen) atoms. The number of hydrogen-bond acceptors (Lipinski definition) is 3. The highest BCUT2D eigenvalue weighted by Crippen LogP contribution is 2.22. The van der Waals surface area contributed by atoms with Gasteiger partial charge in [-0.1, -0.05) is 31.2 Å². The first-order chi connectivity index (χ1) is 11.0. The Kier molecular flexibility index (Phi) is 6.67. The van der Waals surface area contributed by atoms with Gasteiger partial charge in [-0.25, -0.2) is 4.79 Å². The predicted molar refractivity (Wildman–Crippen MR) is 97.6 cm³/mol. The van der Waals surface area contributed by atoms with Gasteiger partial charge in [-0.05, 0) is 30.3 Å². The highest BCUT2D eigenvalue weighted by atomic mass is 32.2. The monoisotopic (exact) mass is 348 g/mol. The molecule has 0 unspecified atom stereocenters. The Morgan fingerprint density at radius 3 is 2.61 bits per heavy atom. The number of amides is 2. The predicted octanol–water partition coefficient (Wildman–Crippen LogP) is 3.73. The lowest BCUT2D eigenvalue weighted by Gasteiger charge is -2.13. The van der Waals surface area contributed by atoms with Gasteiger partial charge in [0.2, 0.25) is 0 Å². The van der Waals surface area contributed by atoms with Crippen molar-refractivity contribution in [2.45, 2.75) is 22.0 Å². The van der Waals surface area contributed by atoms with E-state index >= 15 is 0 Å². The van der Waals surface area contributed by atoms with Crippen LogP contribution in [0.25, 0.3) is 0 Å². The van der Waals surface area contributed by atoms with Gasteiger partial charge in [-0.3, -0.25) is 4.21 Å². The summed E-state index contributed by atoms with van der Waals surface area (Å²) in [6.45, 7) is 2.63. The van der Waals surface area contributed by atoms with Crippen LogP contribution in [0.1, 0.15) is 6.92 Å². The molecular formula is C17H20N2O2S2. The number of hydrogen-bond donors (Lipinski definition) is 2. The van der Waals surface area contributed by atoms with Crippen LogP contribution in [0.3, 0.4) is 0 Å². The normalized spacial score (nSPS) is 13.1. The molecule has 2 N–H and O–H groups in total. The average molecular weight is 348 g/mol. The van der Waals surface area contributed by atoms with Crippen LogP contribution in [0.2, 0.25) is 0 Å². The van der Waals surface area contributed by atoms with E-state index in [-0.39, 0.29) is 11.3 Å². The van der Waals surface area contributed by atoms with Gasteiger partial charge in [0.05, 0.1) is 0 Å². The van der Waals surface area contributed by atoms with E-state index in [2.05, 4.69) is 29.7 Å². The van der Waals surface area contributed by atoms with Crippen molar-refractivity contribution < 1.29 is 9.00 Å². The fourth-order valence-electron chi connectivity index (χ4n) is 1.94. The minimum atomic E-state index is -1.06. The van der Waals surface area contributed by atoms with Gasteiger partial charge in [0.1, 0.15) is 0 Å². The molecule has 2 aromatic rings. The molecule has 2 atom stereocenters. The van der Waals surface area contributed by atoms with E-state index in [4.69, 9.17) is 0 Å². The summed E-state index contributed by atoms with van der Waals surface area (Å²) in [6, 6.07) is 16.9. The molecular weight excluding hydrogens is 328 g/mol. The quantitative estimate of drug-likeness (QED) is 0.782. The van der Waals surface area contributed by atoms with Crippen molar-refractivity contribution in [3.8, 4) is 0 Å². The lowest BCUT2D eigenvalue weighted by molar-refractivity contribution is 0.252. The minimum Gasteiger partial charge on any atom is -0.337 e. The first kappa shape index (κ1) is 17.6. The maximum atomic E-state index is 11.9. The number of nitrogens with one attached hydrogen (secondary N) is 2. The molecule has 122 valence electrons. The Bertz CT molecular complexity index is 677. The van der Waals surface area contributed by atoms with Gasteiger partial charge in [-0.15, -0.1) is 11.8 Å². The second kappa shape index (κ2) is 8.74. The maximum Gasteiger partial charge on any atom is 0.319 e. The summed E-state index contributed by atoms with van der Waals surface area (Å²) in [6.07, 6.45) is 1.61. The third-order valence-corrected chi connectivity index (χ3v) is 5.09. The lowest BCUT2D eigenvalue weighted by Crippen LogP contribution is -2.33. The number of benzene rings is 2. The van der Waals surface area contributed by atoms with Crippen molar-refractivity contribution in [3.05, 3.63) is 54.6 Å². The molecule has 2 aromatic carbocycles. The fraction of sp³-hybridized carbons (Fsp3) is 0.235. The highest BCUT2D eigenvalue weighted by molar-refractivity contribution is 8.00. The number of rotatable bonds is 6. The smallest absolute Gasteiger partial charge is 0.319 e. The number of carbonyl (C=O) groups is 1. The summed E-state index contributed by atoms with van der Waals surface area (Å²) in [5, 5.41) is 5.88. The van der Waals surface area contributed by atoms with E-state index in [1.165, 1.54) is 4.90 Å². The van der Waals surface area contributed by atoms with Crippen molar-refractivity contribution in [1.29, 1.82) is 0 Å². The number of urea groups is 1. The molecule has 0 aliphatic rings. The maximum absolute atomic E-state index is 11.9. The molecule has 0 aliphatic carbocycles. The van der Waals surface area contributed by atoms with Crippen LogP contribution in [0.5, 0.6) is 0 Å². The Labute approximate surface area is 143 Å². The molecule has 0 spiro atoms. The highest BCUT2D eigenvalue weighted by Gasteiger charge is 2.08. The zero-order valence-electron chi connectivity index (χ0n) is 13.1. The summed E-state index contributed by atoms with van der Waals surface area (Å²) in [4.78, 5) is 13.8. The van der Waals surface area contributed by atoms with Gasteiger partial charge < -0.3 is 10.6 Å². The third-order valence-electron chi connectivity index (χ3n) is 3.05. The van der Waals surface area contributed by atoms with Gasteiger partial charge >= 0.3 is 6.03 Å².